The van der Waals surface area contributed by atoms with Crippen LogP contribution < -0.4 is 4.90 Å². The Morgan fingerprint density at radius 1 is 1.63 bits per heavy atom. The van der Waals surface area contributed by atoms with Crippen LogP contribution in [0.1, 0.15) is 12.5 Å². The third kappa shape index (κ3) is 2.58. The van der Waals surface area contributed by atoms with E-state index in [4.69, 9.17) is 5.26 Å². The van der Waals surface area contributed by atoms with Crippen LogP contribution in [0.2, 0.25) is 0 Å². The first kappa shape index (κ1) is 13.1. The van der Waals surface area contributed by atoms with Crippen molar-refractivity contribution in [1.82, 2.24) is 9.88 Å². The van der Waals surface area contributed by atoms with Crippen LogP contribution in [0, 0.1) is 11.3 Å². The molecule has 0 radical (unpaired) electrons. The van der Waals surface area contributed by atoms with Gasteiger partial charge in [0, 0.05) is 31.9 Å². The van der Waals surface area contributed by atoms with Crippen LogP contribution in [0.25, 0.3) is 0 Å². The quantitative estimate of drug-likeness (QED) is 0.745. The van der Waals surface area contributed by atoms with Gasteiger partial charge in [-0.2, -0.15) is 5.26 Å². The van der Waals surface area contributed by atoms with Crippen molar-refractivity contribution in [2.45, 2.75) is 13.0 Å². The standard InChI is InChI=1S/C14H16N4O/c1-3-13(19)18-8-7-17(10-11(18)2)14-12(9-15)5-4-6-16-14/h3-6,11H,1,7-8,10H2,2H3/t11-/m1/s1. The molecule has 0 aromatic carbocycles. The van der Waals surface area contributed by atoms with E-state index in [2.05, 4.69) is 22.5 Å². The zero-order valence-corrected chi connectivity index (χ0v) is 10.9. The van der Waals surface area contributed by atoms with E-state index in [0.717, 1.165) is 0 Å². The maximum atomic E-state index is 11.7. The van der Waals surface area contributed by atoms with Gasteiger partial charge in [0.15, 0.2) is 0 Å². The second kappa shape index (κ2) is 5.53. The van der Waals surface area contributed by atoms with Crippen molar-refractivity contribution in [2.75, 3.05) is 24.5 Å². The number of nitriles is 1. The van der Waals surface area contributed by atoms with E-state index in [9.17, 15) is 4.79 Å². The Hall–Kier alpha value is -2.35. The van der Waals surface area contributed by atoms with Crippen molar-refractivity contribution >= 4 is 11.7 Å². The summed E-state index contributed by atoms with van der Waals surface area (Å²) in [5.74, 6) is 0.649. The highest BCUT2D eigenvalue weighted by atomic mass is 16.2. The first-order chi connectivity index (χ1) is 9.17. The van der Waals surface area contributed by atoms with Gasteiger partial charge in [0.2, 0.25) is 5.91 Å². The molecule has 19 heavy (non-hydrogen) atoms. The number of hydrogen-bond acceptors (Lipinski definition) is 4. The summed E-state index contributed by atoms with van der Waals surface area (Å²) in [6.45, 7) is 7.47. The van der Waals surface area contributed by atoms with Gasteiger partial charge < -0.3 is 9.80 Å². The third-order valence-corrected chi connectivity index (χ3v) is 3.29. The summed E-state index contributed by atoms with van der Waals surface area (Å²) < 4.78 is 0. The first-order valence-electron chi connectivity index (χ1n) is 6.20. The van der Waals surface area contributed by atoms with Crippen molar-refractivity contribution in [3.05, 3.63) is 36.5 Å². The Bertz CT molecular complexity index is 534. The highest BCUT2D eigenvalue weighted by Gasteiger charge is 2.27. The number of hydrogen-bond donors (Lipinski definition) is 0. The number of carbonyl (C=O) groups is 1. The van der Waals surface area contributed by atoms with Crippen LogP contribution in [0.5, 0.6) is 0 Å². The maximum Gasteiger partial charge on any atom is 0.246 e. The molecule has 0 spiro atoms. The average molecular weight is 256 g/mol. The van der Waals surface area contributed by atoms with Gasteiger partial charge in [-0.15, -0.1) is 0 Å². The van der Waals surface area contributed by atoms with E-state index in [0.29, 0.717) is 31.0 Å². The van der Waals surface area contributed by atoms with Crippen molar-refractivity contribution in [1.29, 1.82) is 5.26 Å². The summed E-state index contributed by atoms with van der Waals surface area (Å²) in [5, 5.41) is 9.10. The van der Waals surface area contributed by atoms with Gasteiger partial charge in [-0.25, -0.2) is 4.98 Å². The lowest BCUT2D eigenvalue weighted by Crippen LogP contribution is -2.54. The lowest BCUT2D eigenvalue weighted by Gasteiger charge is -2.40. The van der Waals surface area contributed by atoms with E-state index in [-0.39, 0.29) is 11.9 Å². The number of nitrogens with zero attached hydrogens (tertiary/aromatic N) is 4. The average Bonchev–Trinajstić information content (AvgIpc) is 2.46. The van der Waals surface area contributed by atoms with Gasteiger partial charge in [0.1, 0.15) is 11.9 Å². The van der Waals surface area contributed by atoms with Gasteiger partial charge in [-0.1, -0.05) is 6.58 Å². The van der Waals surface area contributed by atoms with Gasteiger partial charge in [0.25, 0.3) is 0 Å². The Kier molecular flexibility index (Phi) is 3.81. The van der Waals surface area contributed by atoms with Crippen LogP contribution in [0.3, 0.4) is 0 Å². The molecule has 1 atom stereocenters. The molecule has 5 nitrogen and oxygen atoms in total. The highest BCUT2D eigenvalue weighted by molar-refractivity contribution is 5.87. The maximum absolute atomic E-state index is 11.7. The molecule has 0 bridgehead atoms. The van der Waals surface area contributed by atoms with Crippen LogP contribution in [-0.2, 0) is 4.79 Å². The number of aromatic nitrogens is 1. The number of carbonyl (C=O) groups excluding carboxylic acids is 1. The molecule has 1 amide bonds. The van der Waals surface area contributed by atoms with Crippen LogP contribution in [-0.4, -0.2) is 41.5 Å². The van der Waals surface area contributed by atoms with Crippen molar-refractivity contribution < 1.29 is 4.79 Å². The van der Waals surface area contributed by atoms with Crippen molar-refractivity contribution in [3.8, 4) is 6.07 Å². The van der Waals surface area contributed by atoms with Crippen LogP contribution >= 0.6 is 0 Å². The summed E-state index contributed by atoms with van der Waals surface area (Å²) >= 11 is 0. The number of rotatable bonds is 2. The number of amides is 1. The van der Waals surface area contributed by atoms with E-state index in [1.165, 1.54) is 6.08 Å². The van der Waals surface area contributed by atoms with E-state index in [1.54, 1.807) is 23.2 Å². The lowest BCUT2D eigenvalue weighted by molar-refractivity contribution is -0.128. The summed E-state index contributed by atoms with van der Waals surface area (Å²) in [7, 11) is 0. The molecule has 2 heterocycles. The fraction of sp³-hybridized carbons (Fsp3) is 0.357. The second-order valence-electron chi connectivity index (χ2n) is 4.52. The molecule has 1 aliphatic rings. The van der Waals surface area contributed by atoms with E-state index < -0.39 is 0 Å². The Morgan fingerprint density at radius 3 is 3.05 bits per heavy atom. The fourth-order valence-corrected chi connectivity index (χ4v) is 2.33. The minimum Gasteiger partial charge on any atom is -0.352 e. The Labute approximate surface area is 112 Å². The third-order valence-electron chi connectivity index (χ3n) is 3.29. The molecule has 1 aromatic heterocycles. The van der Waals surface area contributed by atoms with E-state index >= 15 is 0 Å². The molecule has 98 valence electrons. The van der Waals surface area contributed by atoms with Crippen molar-refractivity contribution in [3.63, 3.8) is 0 Å². The molecular weight excluding hydrogens is 240 g/mol. The number of anilines is 1. The molecule has 1 aliphatic heterocycles. The summed E-state index contributed by atoms with van der Waals surface area (Å²) in [4.78, 5) is 19.8. The molecule has 0 unspecified atom stereocenters. The first-order valence-corrected chi connectivity index (χ1v) is 6.20. The minimum atomic E-state index is -0.0475. The normalized spacial score (nSPS) is 18.8. The molecule has 1 aromatic rings. The SMILES string of the molecule is C=CC(=O)N1CCN(c2ncccc2C#N)C[C@H]1C. The molecular formula is C14H16N4O. The molecule has 0 N–H and O–H groups in total. The summed E-state index contributed by atoms with van der Waals surface area (Å²) in [5.41, 5.74) is 0.568. The monoisotopic (exact) mass is 256 g/mol. The van der Waals surface area contributed by atoms with E-state index in [1.807, 2.05) is 6.92 Å². The molecule has 1 saturated heterocycles. The largest absolute Gasteiger partial charge is 0.352 e. The second-order valence-corrected chi connectivity index (χ2v) is 4.52. The predicted octanol–water partition coefficient (Wildman–Crippen LogP) is 1.18. The molecule has 5 heteroatoms. The molecule has 0 saturated carbocycles. The molecule has 1 fully saturated rings. The zero-order valence-electron chi connectivity index (χ0n) is 10.9. The topological polar surface area (TPSA) is 60.2 Å². The number of pyridine rings is 1. The highest BCUT2D eigenvalue weighted by Crippen LogP contribution is 2.20. The van der Waals surface area contributed by atoms with Crippen LogP contribution in [0.15, 0.2) is 31.0 Å². The summed E-state index contributed by atoms with van der Waals surface area (Å²) in [6.07, 6.45) is 3.02. The van der Waals surface area contributed by atoms with Crippen molar-refractivity contribution in [2.24, 2.45) is 0 Å². The lowest BCUT2D eigenvalue weighted by atomic mass is 10.1. The summed E-state index contributed by atoms with van der Waals surface area (Å²) in [6, 6.07) is 5.74. The van der Waals surface area contributed by atoms with Gasteiger partial charge in [-0.05, 0) is 25.1 Å². The Morgan fingerprint density at radius 2 is 2.42 bits per heavy atom. The van der Waals surface area contributed by atoms with Crippen LogP contribution in [0.4, 0.5) is 5.82 Å². The van der Waals surface area contributed by atoms with Gasteiger partial charge in [0.05, 0.1) is 5.56 Å². The number of piperazine rings is 1. The zero-order chi connectivity index (χ0) is 13.8. The Balaban J connectivity index is 2.16. The smallest absolute Gasteiger partial charge is 0.246 e. The molecule has 0 aliphatic carbocycles. The molecule has 2 rings (SSSR count). The van der Waals surface area contributed by atoms with Gasteiger partial charge in [-0.3, -0.25) is 4.79 Å². The van der Waals surface area contributed by atoms with Gasteiger partial charge >= 0.3 is 0 Å². The predicted molar refractivity (Wildman–Crippen MR) is 72.5 cm³/mol. The fourth-order valence-electron chi connectivity index (χ4n) is 2.33. The minimum absolute atomic E-state index is 0.0475.